The molecule has 3 rings (SSSR count). The lowest BCUT2D eigenvalue weighted by atomic mass is 10.0. The minimum Gasteiger partial charge on any atom is -0.365 e. The van der Waals surface area contributed by atoms with Crippen LogP contribution < -0.4 is 10.2 Å². The highest BCUT2D eigenvalue weighted by Gasteiger charge is 2.37. The summed E-state index contributed by atoms with van der Waals surface area (Å²) in [7, 11) is 0. The van der Waals surface area contributed by atoms with Gasteiger partial charge in [0.15, 0.2) is 0 Å². The summed E-state index contributed by atoms with van der Waals surface area (Å²) in [6, 6.07) is 3.72. The van der Waals surface area contributed by atoms with Gasteiger partial charge in [-0.2, -0.15) is 13.2 Å². The molecule has 1 aromatic carbocycles. The summed E-state index contributed by atoms with van der Waals surface area (Å²) < 4.78 is 66.0. The van der Waals surface area contributed by atoms with Crippen molar-refractivity contribution in [2.75, 3.05) is 18.0 Å². The fourth-order valence-corrected chi connectivity index (χ4v) is 2.93. The monoisotopic (exact) mass is 334 g/mol. The van der Waals surface area contributed by atoms with Gasteiger partial charge in [-0.15, -0.1) is 0 Å². The van der Waals surface area contributed by atoms with E-state index in [4.69, 9.17) is 0 Å². The van der Waals surface area contributed by atoms with Gasteiger partial charge in [-0.05, 0) is 43.0 Å². The Morgan fingerprint density at radius 1 is 1.22 bits per heavy atom. The van der Waals surface area contributed by atoms with Crippen molar-refractivity contribution >= 4 is 5.69 Å². The maximum Gasteiger partial charge on any atom is 0.416 e. The summed E-state index contributed by atoms with van der Waals surface area (Å²) in [5.74, 6) is -2.79. The van der Waals surface area contributed by atoms with Gasteiger partial charge in [-0.1, -0.05) is 0 Å². The molecule has 0 bridgehead atoms. The van der Waals surface area contributed by atoms with Gasteiger partial charge < -0.3 is 10.2 Å². The molecular weight excluding hydrogens is 315 g/mol. The predicted molar refractivity (Wildman–Crippen MR) is 77.7 cm³/mol. The molecule has 2 fully saturated rings. The van der Waals surface area contributed by atoms with Crippen LogP contribution in [0.25, 0.3) is 0 Å². The SMILES string of the molecule is FC1(F)CCCN(c2ccc(C(F)(F)F)cc2CNC2CC2)C1. The van der Waals surface area contributed by atoms with Gasteiger partial charge in [-0.25, -0.2) is 8.78 Å². The molecule has 1 aliphatic carbocycles. The van der Waals surface area contributed by atoms with E-state index in [1.165, 1.54) is 11.0 Å². The van der Waals surface area contributed by atoms with Crippen LogP contribution in [0, 0.1) is 0 Å². The fourth-order valence-electron chi connectivity index (χ4n) is 2.93. The van der Waals surface area contributed by atoms with E-state index in [0.29, 0.717) is 30.3 Å². The van der Waals surface area contributed by atoms with E-state index in [2.05, 4.69) is 5.32 Å². The zero-order valence-corrected chi connectivity index (χ0v) is 12.6. The van der Waals surface area contributed by atoms with E-state index in [-0.39, 0.29) is 13.0 Å². The zero-order valence-electron chi connectivity index (χ0n) is 12.6. The molecule has 1 aliphatic heterocycles. The molecule has 2 nitrogen and oxygen atoms in total. The summed E-state index contributed by atoms with van der Waals surface area (Å²) in [5.41, 5.74) is 0.174. The maximum atomic E-state index is 13.6. The van der Waals surface area contributed by atoms with Crippen LogP contribution in [0.3, 0.4) is 0 Å². The Hall–Kier alpha value is -1.37. The van der Waals surface area contributed by atoms with E-state index in [1.807, 2.05) is 0 Å². The van der Waals surface area contributed by atoms with E-state index in [9.17, 15) is 22.0 Å². The maximum absolute atomic E-state index is 13.6. The van der Waals surface area contributed by atoms with E-state index >= 15 is 0 Å². The Morgan fingerprint density at radius 3 is 2.57 bits per heavy atom. The molecule has 0 aromatic heterocycles. The highest BCUT2D eigenvalue weighted by atomic mass is 19.4. The lowest BCUT2D eigenvalue weighted by Crippen LogP contribution is -2.43. The lowest BCUT2D eigenvalue weighted by molar-refractivity contribution is -0.137. The zero-order chi connectivity index (χ0) is 16.7. The first-order valence-electron chi connectivity index (χ1n) is 7.81. The molecule has 0 radical (unpaired) electrons. The quantitative estimate of drug-likeness (QED) is 0.831. The molecule has 0 amide bonds. The number of piperidine rings is 1. The summed E-state index contributed by atoms with van der Waals surface area (Å²) in [6.07, 6.45) is -2.24. The molecule has 128 valence electrons. The molecule has 0 spiro atoms. The Balaban J connectivity index is 1.87. The van der Waals surface area contributed by atoms with E-state index in [1.54, 1.807) is 0 Å². The molecule has 1 N–H and O–H groups in total. The Labute approximate surface area is 131 Å². The van der Waals surface area contributed by atoms with Crippen molar-refractivity contribution in [2.24, 2.45) is 0 Å². The number of rotatable bonds is 4. The number of hydrogen-bond acceptors (Lipinski definition) is 2. The number of alkyl halides is 5. The minimum atomic E-state index is -4.43. The molecular formula is C16H19F5N2. The summed E-state index contributed by atoms with van der Waals surface area (Å²) in [4.78, 5) is 1.51. The predicted octanol–water partition coefficient (Wildman–Crippen LogP) is 4.19. The second-order valence-electron chi connectivity index (χ2n) is 6.38. The van der Waals surface area contributed by atoms with Crippen LogP contribution in [0.15, 0.2) is 18.2 Å². The second kappa shape index (κ2) is 5.92. The van der Waals surface area contributed by atoms with Crippen molar-refractivity contribution < 1.29 is 22.0 Å². The van der Waals surface area contributed by atoms with Crippen LogP contribution in [-0.4, -0.2) is 25.1 Å². The molecule has 0 unspecified atom stereocenters. The Bertz CT molecular complexity index is 566. The fraction of sp³-hybridized carbons (Fsp3) is 0.625. The molecule has 1 saturated heterocycles. The Kier molecular flexibility index (Phi) is 4.25. The number of nitrogens with zero attached hydrogens (tertiary/aromatic N) is 1. The average molecular weight is 334 g/mol. The van der Waals surface area contributed by atoms with Crippen LogP contribution in [0.5, 0.6) is 0 Å². The highest BCUT2D eigenvalue weighted by Crippen LogP contribution is 2.36. The van der Waals surface area contributed by atoms with E-state index in [0.717, 1.165) is 25.0 Å². The van der Waals surface area contributed by atoms with Gasteiger partial charge in [-0.3, -0.25) is 0 Å². The van der Waals surface area contributed by atoms with E-state index < -0.39 is 24.2 Å². The van der Waals surface area contributed by atoms with Crippen molar-refractivity contribution in [1.82, 2.24) is 5.32 Å². The average Bonchev–Trinajstić information content (AvgIpc) is 3.27. The van der Waals surface area contributed by atoms with Gasteiger partial charge in [0.25, 0.3) is 5.92 Å². The smallest absolute Gasteiger partial charge is 0.365 e. The first-order valence-corrected chi connectivity index (χ1v) is 7.81. The molecule has 1 aromatic rings. The first kappa shape index (κ1) is 16.5. The van der Waals surface area contributed by atoms with Gasteiger partial charge >= 0.3 is 6.18 Å². The second-order valence-corrected chi connectivity index (χ2v) is 6.38. The number of anilines is 1. The first-order chi connectivity index (χ1) is 10.7. The van der Waals surface area contributed by atoms with Gasteiger partial charge in [0.05, 0.1) is 12.1 Å². The van der Waals surface area contributed by atoms with Crippen LogP contribution in [-0.2, 0) is 12.7 Å². The van der Waals surface area contributed by atoms with Crippen LogP contribution in [0.1, 0.15) is 36.8 Å². The van der Waals surface area contributed by atoms with Gasteiger partial charge in [0.1, 0.15) is 0 Å². The normalized spacial score (nSPS) is 21.5. The number of hydrogen-bond donors (Lipinski definition) is 1. The highest BCUT2D eigenvalue weighted by molar-refractivity contribution is 5.56. The minimum absolute atomic E-state index is 0.167. The summed E-state index contributed by atoms with van der Waals surface area (Å²) in [5, 5.41) is 3.17. The van der Waals surface area contributed by atoms with Crippen molar-refractivity contribution in [2.45, 2.75) is 50.4 Å². The van der Waals surface area contributed by atoms with Crippen molar-refractivity contribution in [1.29, 1.82) is 0 Å². The summed E-state index contributed by atoms with van der Waals surface area (Å²) >= 11 is 0. The number of nitrogens with one attached hydrogen (secondary N) is 1. The molecule has 23 heavy (non-hydrogen) atoms. The topological polar surface area (TPSA) is 15.3 Å². The number of halogens is 5. The Morgan fingerprint density at radius 2 is 1.96 bits per heavy atom. The molecule has 7 heteroatoms. The third-order valence-electron chi connectivity index (χ3n) is 4.30. The van der Waals surface area contributed by atoms with Crippen molar-refractivity contribution in [3.63, 3.8) is 0 Å². The van der Waals surface area contributed by atoms with Gasteiger partial charge in [0, 0.05) is 31.2 Å². The summed E-state index contributed by atoms with van der Waals surface area (Å²) in [6.45, 7) is 0.276. The third kappa shape index (κ3) is 4.13. The van der Waals surface area contributed by atoms with Crippen LogP contribution in [0.2, 0.25) is 0 Å². The standard InChI is InChI=1S/C16H19F5N2/c17-15(18)6-1-7-23(10-15)14-5-2-12(16(19,20)21)8-11(14)9-22-13-3-4-13/h2,5,8,13,22H,1,3-4,6-7,9-10H2. The lowest BCUT2D eigenvalue weighted by Gasteiger charge is -2.35. The van der Waals surface area contributed by atoms with Crippen LogP contribution in [0.4, 0.5) is 27.6 Å². The number of benzene rings is 1. The van der Waals surface area contributed by atoms with Crippen LogP contribution >= 0.6 is 0 Å². The molecule has 1 saturated carbocycles. The van der Waals surface area contributed by atoms with Gasteiger partial charge in [0.2, 0.25) is 0 Å². The van der Waals surface area contributed by atoms with Crippen molar-refractivity contribution in [3.8, 4) is 0 Å². The third-order valence-corrected chi connectivity index (χ3v) is 4.30. The van der Waals surface area contributed by atoms with Crippen molar-refractivity contribution in [3.05, 3.63) is 29.3 Å². The molecule has 0 atom stereocenters. The molecule has 2 aliphatic rings. The largest absolute Gasteiger partial charge is 0.416 e. The molecule has 1 heterocycles.